The number of carbonyl (C=O) groups is 1. The lowest BCUT2D eigenvalue weighted by Crippen LogP contribution is -2.29. The molecule has 0 aromatic heterocycles. The highest BCUT2D eigenvalue weighted by molar-refractivity contribution is 5.65. The Morgan fingerprint density at radius 1 is 1.56 bits per heavy atom. The maximum absolute atomic E-state index is 10.7. The van der Waals surface area contributed by atoms with Crippen molar-refractivity contribution >= 4 is 11.8 Å². The van der Waals surface area contributed by atoms with E-state index in [0.29, 0.717) is 24.5 Å². The van der Waals surface area contributed by atoms with Gasteiger partial charge in [-0.2, -0.15) is 0 Å². The van der Waals surface area contributed by atoms with Crippen LogP contribution < -0.4 is 10.5 Å². The molecule has 2 rings (SSSR count). The van der Waals surface area contributed by atoms with Crippen molar-refractivity contribution in [2.75, 3.05) is 18.8 Å². The highest BCUT2D eigenvalue weighted by Gasteiger charge is 2.27. The Morgan fingerprint density at radius 3 is 3.00 bits per heavy atom. The first-order chi connectivity index (χ1) is 7.65. The number of amides is 1. The van der Waals surface area contributed by atoms with Gasteiger partial charge in [-0.05, 0) is 12.1 Å². The molecule has 0 spiro atoms. The maximum Gasteiger partial charge on any atom is 0.407 e. The Labute approximate surface area is 93.4 Å². The molecule has 1 aromatic carbocycles. The van der Waals surface area contributed by atoms with Crippen LogP contribution in [0.25, 0.3) is 0 Å². The fraction of sp³-hybridized carbons (Fsp3) is 0.364. The van der Waals surface area contributed by atoms with Crippen molar-refractivity contribution < 1.29 is 14.6 Å². The number of nitrogens with two attached hydrogens (primary N) is 1. The fourth-order valence-electron chi connectivity index (χ4n) is 1.78. The summed E-state index contributed by atoms with van der Waals surface area (Å²) in [6, 6.07) is 7.16. The van der Waals surface area contributed by atoms with Gasteiger partial charge in [0.25, 0.3) is 0 Å². The molecule has 1 saturated heterocycles. The van der Waals surface area contributed by atoms with Gasteiger partial charge in [-0.3, -0.25) is 0 Å². The van der Waals surface area contributed by atoms with Gasteiger partial charge in [-0.25, -0.2) is 4.79 Å². The zero-order valence-electron chi connectivity index (χ0n) is 8.80. The summed E-state index contributed by atoms with van der Waals surface area (Å²) in [6.07, 6.45) is -0.238. The molecule has 5 heteroatoms. The topological polar surface area (TPSA) is 75.8 Å². The summed E-state index contributed by atoms with van der Waals surface area (Å²) in [5, 5.41) is 8.79. The summed E-state index contributed by atoms with van der Waals surface area (Å²) < 4.78 is 5.65. The summed E-state index contributed by atoms with van der Waals surface area (Å²) >= 11 is 0. The fourth-order valence-corrected chi connectivity index (χ4v) is 1.78. The van der Waals surface area contributed by atoms with Crippen LogP contribution in [0.5, 0.6) is 5.75 Å². The van der Waals surface area contributed by atoms with Gasteiger partial charge in [-0.15, -0.1) is 0 Å². The van der Waals surface area contributed by atoms with E-state index in [0.717, 1.165) is 6.42 Å². The molecule has 1 fully saturated rings. The van der Waals surface area contributed by atoms with Crippen molar-refractivity contribution in [3.05, 3.63) is 24.3 Å². The van der Waals surface area contributed by atoms with Crippen LogP contribution in [-0.4, -0.2) is 35.3 Å². The Kier molecular flexibility index (Phi) is 2.85. The standard InChI is InChI=1S/C11H14N2O3/c12-8-2-1-3-9(6-8)16-10-4-5-13(7-10)11(14)15/h1-3,6,10H,4-5,7,12H2,(H,14,15). The molecule has 0 aliphatic carbocycles. The molecule has 1 atom stereocenters. The summed E-state index contributed by atoms with van der Waals surface area (Å²) in [6.45, 7) is 0.951. The number of hydrogen-bond donors (Lipinski definition) is 2. The smallest absolute Gasteiger partial charge is 0.407 e. The highest BCUT2D eigenvalue weighted by atomic mass is 16.5. The van der Waals surface area contributed by atoms with Crippen LogP contribution >= 0.6 is 0 Å². The molecule has 1 unspecified atom stereocenters. The number of benzene rings is 1. The summed E-state index contributed by atoms with van der Waals surface area (Å²) in [5.41, 5.74) is 6.27. The summed E-state index contributed by atoms with van der Waals surface area (Å²) in [5.74, 6) is 0.692. The number of nitrogen functional groups attached to an aromatic ring is 1. The zero-order chi connectivity index (χ0) is 11.5. The Hall–Kier alpha value is -1.91. The molecule has 0 bridgehead atoms. The minimum atomic E-state index is -0.890. The van der Waals surface area contributed by atoms with Gasteiger partial charge >= 0.3 is 6.09 Å². The molecule has 1 aliphatic heterocycles. The van der Waals surface area contributed by atoms with Gasteiger partial charge in [0, 0.05) is 24.7 Å². The maximum atomic E-state index is 10.7. The van der Waals surface area contributed by atoms with E-state index in [1.807, 2.05) is 12.1 Å². The second-order valence-electron chi connectivity index (χ2n) is 3.83. The van der Waals surface area contributed by atoms with E-state index in [4.69, 9.17) is 15.6 Å². The molecule has 1 heterocycles. The molecule has 1 aromatic rings. The molecule has 16 heavy (non-hydrogen) atoms. The van der Waals surface area contributed by atoms with Gasteiger partial charge in [0.1, 0.15) is 11.9 Å². The third-order valence-electron chi connectivity index (χ3n) is 2.58. The molecule has 1 amide bonds. The third kappa shape index (κ3) is 2.36. The van der Waals surface area contributed by atoms with Gasteiger partial charge in [0.2, 0.25) is 0 Å². The van der Waals surface area contributed by atoms with Crippen molar-refractivity contribution in [2.24, 2.45) is 0 Å². The highest BCUT2D eigenvalue weighted by Crippen LogP contribution is 2.20. The lowest BCUT2D eigenvalue weighted by atomic mass is 10.3. The van der Waals surface area contributed by atoms with Crippen molar-refractivity contribution in [3.63, 3.8) is 0 Å². The molecule has 5 nitrogen and oxygen atoms in total. The average molecular weight is 222 g/mol. The van der Waals surface area contributed by atoms with Crippen LogP contribution in [0.4, 0.5) is 10.5 Å². The number of hydrogen-bond acceptors (Lipinski definition) is 3. The van der Waals surface area contributed by atoms with Crippen molar-refractivity contribution in [1.82, 2.24) is 4.90 Å². The van der Waals surface area contributed by atoms with E-state index < -0.39 is 6.09 Å². The predicted octanol–water partition coefficient (Wildman–Crippen LogP) is 1.40. The molecule has 1 aliphatic rings. The average Bonchev–Trinajstić information content (AvgIpc) is 2.66. The van der Waals surface area contributed by atoms with E-state index in [1.165, 1.54) is 4.90 Å². The molecular formula is C11H14N2O3. The van der Waals surface area contributed by atoms with Gasteiger partial charge < -0.3 is 20.5 Å². The quantitative estimate of drug-likeness (QED) is 0.741. The van der Waals surface area contributed by atoms with Gasteiger partial charge in [-0.1, -0.05) is 6.07 Å². The summed E-state index contributed by atoms with van der Waals surface area (Å²) in [7, 11) is 0. The first kappa shape index (κ1) is 10.6. The second-order valence-corrected chi connectivity index (χ2v) is 3.83. The molecular weight excluding hydrogens is 208 g/mol. The van der Waals surface area contributed by atoms with Crippen LogP contribution in [0.3, 0.4) is 0 Å². The number of likely N-dealkylation sites (tertiary alicyclic amines) is 1. The van der Waals surface area contributed by atoms with Crippen LogP contribution in [0.2, 0.25) is 0 Å². The van der Waals surface area contributed by atoms with Crippen LogP contribution in [0, 0.1) is 0 Å². The van der Waals surface area contributed by atoms with E-state index in [1.54, 1.807) is 12.1 Å². The SMILES string of the molecule is Nc1cccc(OC2CCN(C(=O)O)C2)c1. The van der Waals surface area contributed by atoms with E-state index in [9.17, 15) is 4.79 Å². The zero-order valence-corrected chi connectivity index (χ0v) is 8.80. The lowest BCUT2D eigenvalue weighted by molar-refractivity contribution is 0.145. The molecule has 0 radical (unpaired) electrons. The molecule has 3 N–H and O–H groups in total. The van der Waals surface area contributed by atoms with E-state index in [2.05, 4.69) is 0 Å². The van der Waals surface area contributed by atoms with Gasteiger partial charge in [0.15, 0.2) is 0 Å². The third-order valence-corrected chi connectivity index (χ3v) is 2.58. The van der Waals surface area contributed by atoms with Crippen LogP contribution in [-0.2, 0) is 0 Å². The number of nitrogens with zero attached hydrogens (tertiary/aromatic N) is 1. The first-order valence-corrected chi connectivity index (χ1v) is 5.15. The monoisotopic (exact) mass is 222 g/mol. The Bertz CT molecular complexity index is 395. The normalized spacial score (nSPS) is 19.8. The van der Waals surface area contributed by atoms with Crippen LogP contribution in [0.15, 0.2) is 24.3 Å². The van der Waals surface area contributed by atoms with Crippen molar-refractivity contribution in [2.45, 2.75) is 12.5 Å². The Balaban J connectivity index is 1.94. The number of rotatable bonds is 2. The Morgan fingerprint density at radius 2 is 2.38 bits per heavy atom. The minimum absolute atomic E-state index is 0.0714. The molecule has 86 valence electrons. The van der Waals surface area contributed by atoms with Crippen molar-refractivity contribution in [3.8, 4) is 5.75 Å². The van der Waals surface area contributed by atoms with E-state index in [-0.39, 0.29) is 6.10 Å². The predicted molar refractivity (Wildman–Crippen MR) is 59.5 cm³/mol. The minimum Gasteiger partial charge on any atom is -0.488 e. The number of carboxylic acid groups (broad SMARTS) is 1. The van der Waals surface area contributed by atoms with Gasteiger partial charge in [0.05, 0.1) is 6.54 Å². The van der Waals surface area contributed by atoms with Crippen molar-refractivity contribution in [1.29, 1.82) is 0 Å². The molecule has 0 saturated carbocycles. The summed E-state index contributed by atoms with van der Waals surface area (Å²) in [4.78, 5) is 12.1. The lowest BCUT2D eigenvalue weighted by Gasteiger charge is -2.14. The second kappa shape index (κ2) is 4.30. The van der Waals surface area contributed by atoms with E-state index >= 15 is 0 Å². The first-order valence-electron chi connectivity index (χ1n) is 5.15. The number of ether oxygens (including phenoxy) is 1. The largest absolute Gasteiger partial charge is 0.488 e. The van der Waals surface area contributed by atoms with Crippen LogP contribution in [0.1, 0.15) is 6.42 Å². The number of anilines is 1.